The van der Waals surface area contributed by atoms with E-state index in [4.69, 9.17) is 5.11 Å². The van der Waals surface area contributed by atoms with Gasteiger partial charge in [-0.2, -0.15) is 5.10 Å². The fourth-order valence-electron chi connectivity index (χ4n) is 1.13. The second-order valence-electron chi connectivity index (χ2n) is 2.69. The summed E-state index contributed by atoms with van der Waals surface area (Å²) < 4.78 is 1.70. The highest BCUT2D eigenvalue weighted by Gasteiger charge is 2.18. The Kier molecular flexibility index (Phi) is 3.02. The van der Waals surface area contributed by atoms with Crippen molar-refractivity contribution in [2.75, 3.05) is 7.05 Å². The summed E-state index contributed by atoms with van der Waals surface area (Å²) in [6.45, 7) is 2.70. The lowest BCUT2D eigenvalue weighted by Crippen LogP contribution is -2.24. The summed E-state index contributed by atoms with van der Waals surface area (Å²) in [4.78, 5) is 10.7. The molecule has 0 fully saturated rings. The number of aromatic nitrogens is 2. The van der Waals surface area contributed by atoms with Crippen LogP contribution in [0.4, 0.5) is 0 Å². The van der Waals surface area contributed by atoms with E-state index >= 15 is 0 Å². The molecule has 0 spiro atoms. The molecule has 0 saturated heterocycles. The molecular weight excluding hydrogens is 170 g/mol. The van der Waals surface area contributed by atoms with Crippen LogP contribution in [0.2, 0.25) is 0 Å². The molecule has 0 amide bonds. The number of nitrogens with one attached hydrogen (secondary N) is 1. The topological polar surface area (TPSA) is 67.2 Å². The molecule has 0 saturated carbocycles. The lowest BCUT2D eigenvalue weighted by Gasteiger charge is -2.07. The van der Waals surface area contributed by atoms with Crippen molar-refractivity contribution >= 4 is 5.97 Å². The van der Waals surface area contributed by atoms with E-state index in [0.29, 0.717) is 5.56 Å². The molecule has 0 radical (unpaired) electrons. The summed E-state index contributed by atoms with van der Waals surface area (Å²) >= 11 is 0. The zero-order chi connectivity index (χ0) is 9.84. The van der Waals surface area contributed by atoms with Crippen LogP contribution in [0, 0.1) is 0 Å². The molecule has 1 heterocycles. The normalized spacial score (nSPS) is 12.8. The molecule has 2 N–H and O–H groups in total. The Morgan fingerprint density at radius 1 is 1.85 bits per heavy atom. The molecule has 0 aliphatic carbocycles. The quantitative estimate of drug-likeness (QED) is 0.702. The van der Waals surface area contributed by atoms with E-state index in [1.165, 1.54) is 0 Å². The van der Waals surface area contributed by atoms with Crippen LogP contribution in [-0.2, 0) is 11.3 Å². The van der Waals surface area contributed by atoms with Crippen molar-refractivity contribution in [2.24, 2.45) is 0 Å². The third-order valence-corrected chi connectivity index (χ3v) is 1.85. The van der Waals surface area contributed by atoms with E-state index in [2.05, 4.69) is 10.4 Å². The van der Waals surface area contributed by atoms with Gasteiger partial charge in [0.2, 0.25) is 0 Å². The van der Waals surface area contributed by atoms with Crippen LogP contribution >= 0.6 is 0 Å². The summed E-state index contributed by atoms with van der Waals surface area (Å²) in [5.74, 6) is -0.891. The van der Waals surface area contributed by atoms with Gasteiger partial charge in [0.15, 0.2) is 0 Å². The molecular formula is C8H13N3O2. The van der Waals surface area contributed by atoms with Crippen LogP contribution < -0.4 is 5.32 Å². The summed E-state index contributed by atoms with van der Waals surface area (Å²) in [6, 6.07) is -0.666. The van der Waals surface area contributed by atoms with E-state index in [1.54, 1.807) is 24.1 Å². The van der Waals surface area contributed by atoms with Gasteiger partial charge in [-0.3, -0.25) is 9.48 Å². The monoisotopic (exact) mass is 183 g/mol. The van der Waals surface area contributed by atoms with Gasteiger partial charge < -0.3 is 10.4 Å². The summed E-state index contributed by atoms with van der Waals surface area (Å²) in [5, 5.41) is 15.5. The van der Waals surface area contributed by atoms with Crippen LogP contribution in [0.25, 0.3) is 0 Å². The molecule has 1 aromatic heterocycles. The Morgan fingerprint density at radius 3 is 2.92 bits per heavy atom. The van der Waals surface area contributed by atoms with Gasteiger partial charge in [0.1, 0.15) is 6.04 Å². The fourth-order valence-corrected chi connectivity index (χ4v) is 1.13. The maximum atomic E-state index is 10.7. The van der Waals surface area contributed by atoms with Crippen molar-refractivity contribution in [1.29, 1.82) is 0 Å². The molecule has 1 atom stereocenters. The van der Waals surface area contributed by atoms with Crippen LogP contribution in [0.3, 0.4) is 0 Å². The highest BCUT2D eigenvalue weighted by molar-refractivity contribution is 5.75. The first-order valence-corrected chi connectivity index (χ1v) is 4.11. The van der Waals surface area contributed by atoms with E-state index in [-0.39, 0.29) is 0 Å². The molecule has 0 aliphatic heterocycles. The zero-order valence-corrected chi connectivity index (χ0v) is 7.69. The standard InChI is InChI=1S/C8H13N3O2/c1-3-11-5-6(4-10-11)7(9-2)8(12)13/h4-5,7,9H,3H2,1-2H3,(H,12,13). The average molecular weight is 183 g/mol. The first-order valence-electron chi connectivity index (χ1n) is 4.11. The van der Waals surface area contributed by atoms with Gasteiger partial charge in [0.25, 0.3) is 0 Å². The summed E-state index contributed by atoms with van der Waals surface area (Å²) in [7, 11) is 1.61. The number of hydrogen-bond donors (Lipinski definition) is 2. The van der Waals surface area contributed by atoms with Gasteiger partial charge in [0, 0.05) is 18.3 Å². The molecule has 72 valence electrons. The predicted molar refractivity (Wildman–Crippen MR) is 47.3 cm³/mol. The third kappa shape index (κ3) is 2.06. The number of carboxylic acid groups (broad SMARTS) is 1. The number of rotatable bonds is 4. The number of aliphatic carboxylic acids is 1. The number of carboxylic acids is 1. The zero-order valence-electron chi connectivity index (χ0n) is 7.69. The highest BCUT2D eigenvalue weighted by Crippen LogP contribution is 2.10. The van der Waals surface area contributed by atoms with E-state index in [1.807, 2.05) is 6.92 Å². The first kappa shape index (κ1) is 9.73. The summed E-state index contributed by atoms with van der Waals surface area (Å²) in [6.07, 6.45) is 3.30. The lowest BCUT2D eigenvalue weighted by molar-refractivity contribution is -0.139. The minimum absolute atomic E-state index is 0.666. The largest absolute Gasteiger partial charge is 0.480 e. The molecule has 0 aromatic carbocycles. The Morgan fingerprint density at radius 2 is 2.54 bits per heavy atom. The van der Waals surface area contributed by atoms with Crippen molar-refractivity contribution in [3.63, 3.8) is 0 Å². The van der Waals surface area contributed by atoms with E-state index < -0.39 is 12.0 Å². The number of hydrogen-bond acceptors (Lipinski definition) is 3. The molecule has 0 bridgehead atoms. The van der Waals surface area contributed by atoms with Gasteiger partial charge in [-0.15, -0.1) is 0 Å². The SMILES string of the molecule is CCn1cc(C(NC)C(=O)O)cn1. The summed E-state index contributed by atoms with van der Waals surface area (Å²) in [5.41, 5.74) is 0.678. The van der Waals surface area contributed by atoms with Gasteiger partial charge in [-0.25, -0.2) is 0 Å². The average Bonchev–Trinajstić information content (AvgIpc) is 2.53. The Hall–Kier alpha value is -1.36. The van der Waals surface area contributed by atoms with E-state index in [0.717, 1.165) is 6.54 Å². The van der Waals surface area contributed by atoms with Crippen molar-refractivity contribution in [3.05, 3.63) is 18.0 Å². The Bertz CT molecular complexity index is 295. The second kappa shape index (κ2) is 4.04. The Balaban J connectivity index is 2.85. The number of aryl methyl sites for hydroxylation is 1. The highest BCUT2D eigenvalue weighted by atomic mass is 16.4. The molecule has 1 aromatic rings. The minimum Gasteiger partial charge on any atom is -0.480 e. The molecule has 1 rings (SSSR count). The fraction of sp³-hybridized carbons (Fsp3) is 0.500. The molecule has 5 nitrogen and oxygen atoms in total. The maximum Gasteiger partial charge on any atom is 0.325 e. The van der Waals surface area contributed by atoms with Gasteiger partial charge in [-0.05, 0) is 14.0 Å². The molecule has 5 heteroatoms. The number of carbonyl (C=O) groups is 1. The van der Waals surface area contributed by atoms with Gasteiger partial charge >= 0.3 is 5.97 Å². The Labute approximate surface area is 76.4 Å². The van der Waals surface area contributed by atoms with Crippen LogP contribution in [0.5, 0.6) is 0 Å². The molecule has 1 unspecified atom stereocenters. The number of nitrogens with zero attached hydrogens (tertiary/aromatic N) is 2. The van der Waals surface area contributed by atoms with Crippen LogP contribution in [-0.4, -0.2) is 27.9 Å². The molecule has 0 aliphatic rings. The van der Waals surface area contributed by atoms with Crippen molar-refractivity contribution < 1.29 is 9.90 Å². The second-order valence-corrected chi connectivity index (χ2v) is 2.69. The predicted octanol–water partition coefficient (Wildman–Crippen LogP) is 0.248. The van der Waals surface area contributed by atoms with Gasteiger partial charge in [0.05, 0.1) is 6.20 Å². The minimum atomic E-state index is -0.891. The smallest absolute Gasteiger partial charge is 0.325 e. The van der Waals surface area contributed by atoms with E-state index in [9.17, 15) is 4.79 Å². The number of likely N-dealkylation sites (N-methyl/N-ethyl adjacent to an activating group) is 1. The van der Waals surface area contributed by atoms with Crippen molar-refractivity contribution in [2.45, 2.75) is 19.5 Å². The molecule has 13 heavy (non-hydrogen) atoms. The first-order chi connectivity index (χ1) is 6.19. The van der Waals surface area contributed by atoms with Crippen LogP contribution in [0.15, 0.2) is 12.4 Å². The third-order valence-electron chi connectivity index (χ3n) is 1.85. The maximum absolute atomic E-state index is 10.7. The lowest BCUT2D eigenvalue weighted by atomic mass is 10.2. The van der Waals surface area contributed by atoms with Crippen molar-refractivity contribution in [3.8, 4) is 0 Å². The van der Waals surface area contributed by atoms with Crippen molar-refractivity contribution in [1.82, 2.24) is 15.1 Å². The van der Waals surface area contributed by atoms with Crippen LogP contribution in [0.1, 0.15) is 18.5 Å². The van der Waals surface area contributed by atoms with Gasteiger partial charge in [-0.1, -0.05) is 0 Å².